The maximum Gasteiger partial charge on any atom is 0.341 e. The Morgan fingerprint density at radius 1 is 1.26 bits per heavy atom. The minimum atomic E-state index is -0.580. The lowest BCUT2D eigenvalue weighted by molar-refractivity contribution is -0.156. The van der Waals surface area contributed by atoms with Crippen molar-refractivity contribution in [1.82, 2.24) is 0 Å². The smallest absolute Gasteiger partial charge is 0.341 e. The van der Waals surface area contributed by atoms with Crippen molar-refractivity contribution in [2.24, 2.45) is 5.92 Å². The number of fused-ring (bicyclic) bond motifs is 1. The van der Waals surface area contributed by atoms with Gasteiger partial charge in [0, 0.05) is 11.5 Å². The van der Waals surface area contributed by atoms with E-state index in [1.807, 2.05) is 0 Å². The van der Waals surface area contributed by atoms with Crippen LogP contribution in [-0.4, -0.2) is 43.8 Å². The molecular weight excluding hydrogens is 370 g/mol. The predicted molar refractivity (Wildman–Crippen MR) is 100 cm³/mol. The zero-order valence-electron chi connectivity index (χ0n) is 15.7. The minimum Gasteiger partial charge on any atom is -0.462 e. The molecule has 0 spiro atoms. The first-order valence-corrected chi connectivity index (χ1v) is 10.2. The Kier molecular flexibility index (Phi) is 6.49. The van der Waals surface area contributed by atoms with Crippen molar-refractivity contribution in [2.75, 3.05) is 25.1 Å². The molecule has 0 radical (unpaired) electrons. The van der Waals surface area contributed by atoms with E-state index in [-0.39, 0.29) is 6.61 Å². The van der Waals surface area contributed by atoms with Gasteiger partial charge in [-0.25, -0.2) is 9.59 Å². The Balaban J connectivity index is 1.68. The second kappa shape index (κ2) is 8.84. The molecule has 0 aromatic carbocycles. The van der Waals surface area contributed by atoms with Crippen molar-refractivity contribution in [2.45, 2.75) is 52.1 Å². The second-order valence-corrected chi connectivity index (χ2v) is 8.04. The first-order valence-electron chi connectivity index (χ1n) is 9.39. The SMILES string of the molecule is CCOC(=O)c1c(NC(=O)COC(=O)[C@@H]2CCCO2)sc2c1CC[C@H](C)C2. The Morgan fingerprint density at radius 3 is 2.78 bits per heavy atom. The summed E-state index contributed by atoms with van der Waals surface area (Å²) in [6.45, 7) is 4.33. The maximum atomic E-state index is 12.4. The number of hydrogen-bond donors (Lipinski definition) is 1. The van der Waals surface area contributed by atoms with Crippen LogP contribution in [0.4, 0.5) is 5.00 Å². The summed E-state index contributed by atoms with van der Waals surface area (Å²) in [7, 11) is 0. The number of nitrogens with one attached hydrogen (secondary N) is 1. The number of carbonyl (C=O) groups excluding carboxylic acids is 3. The molecule has 1 aliphatic heterocycles. The molecule has 1 aromatic rings. The van der Waals surface area contributed by atoms with Gasteiger partial charge < -0.3 is 19.5 Å². The van der Waals surface area contributed by atoms with Gasteiger partial charge in [-0.2, -0.15) is 0 Å². The number of anilines is 1. The zero-order valence-corrected chi connectivity index (χ0v) is 16.5. The van der Waals surface area contributed by atoms with Gasteiger partial charge in [-0.3, -0.25) is 4.79 Å². The average Bonchev–Trinajstić information content (AvgIpc) is 3.27. The third-order valence-corrected chi connectivity index (χ3v) is 5.95. The van der Waals surface area contributed by atoms with Gasteiger partial charge in [0.15, 0.2) is 12.7 Å². The van der Waals surface area contributed by atoms with Crippen molar-refractivity contribution >= 4 is 34.2 Å². The van der Waals surface area contributed by atoms with Gasteiger partial charge in [0.1, 0.15) is 5.00 Å². The highest BCUT2D eigenvalue weighted by Crippen LogP contribution is 2.40. The van der Waals surface area contributed by atoms with Crippen LogP contribution in [0.5, 0.6) is 0 Å². The summed E-state index contributed by atoms with van der Waals surface area (Å²) < 4.78 is 15.5. The summed E-state index contributed by atoms with van der Waals surface area (Å²) in [5.41, 5.74) is 1.42. The normalized spacial score (nSPS) is 21.4. The summed E-state index contributed by atoms with van der Waals surface area (Å²) in [5, 5.41) is 3.21. The molecule has 1 N–H and O–H groups in total. The van der Waals surface area contributed by atoms with Crippen molar-refractivity contribution in [3.05, 3.63) is 16.0 Å². The fraction of sp³-hybridized carbons (Fsp3) is 0.632. The van der Waals surface area contributed by atoms with Crippen LogP contribution in [0.15, 0.2) is 0 Å². The molecule has 1 fully saturated rings. The standard InChI is InChI=1S/C19H25NO6S/c1-3-24-19(23)16-12-7-6-11(2)9-14(12)27-17(16)20-15(21)10-26-18(22)13-5-4-8-25-13/h11,13H,3-10H2,1-2H3,(H,20,21)/t11-,13-/m0/s1. The van der Waals surface area contributed by atoms with Crippen molar-refractivity contribution < 1.29 is 28.6 Å². The molecule has 2 heterocycles. The molecule has 8 heteroatoms. The lowest BCUT2D eigenvalue weighted by atomic mass is 9.88. The van der Waals surface area contributed by atoms with E-state index >= 15 is 0 Å². The summed E-state index contributed by atoms with van der Waals surface area (Å²) in [6, 6.07) is 0. The second-order valence-electron chi connectivity index (χ2n) is 6.93. The summed E-state index contributed by atoms with van der Waals surface area (Å²) in [4.78, 5) is 37.7. The van der Waals surface area contributed by atoms with Crippen molar-refractivity contribution in [1.29, 1.82) is 0 Å². The van der Waals surface area contributed by atoms with Crippen LogP contribution >= 0.6 is 11.3 Å². The van der Waals surface area contributed by atoms with E-state index in [1.165, 1.54) is 11.3 Å². The van der Waals surface area contributed by atoms with Gasteiger partial charge in [0.05, 0.1) is 12.2 Å². The maximum absolute atomic E-state index is 12.4. The fourth-order valence-corrected chi connectivity index (χ4v) is 4.83. The van der Waals surface area contributed by atoms with E-state index in [0.717, 1.165) is 36.1 Å². The highest BCUT2D eigenvalue weighted by molar-refractivity contribution is 7.17. The predicted octanol–water partition coefficient (Wildman–Crippen LogP) is 2.71. The van der Waals surface area contributed by atoms with Crippen LogP contribution in [0.1, 0.15) is 53.9 Å². The van der Waals surface area contributed by atoms with E-state index in [9.17, 15) is 14.4 Å². The van der Waals surface area contributed by atoms with Gasteiger partial charge in [0.2, 0.25) is 0 Å². The van der Waals surface area contributed by atoms with Crippen LogP contribution in [0.2, 0.25) is 0 Å². The Morgan fingerprint density at radius 2 is 2.07 bits per heavy atom. The van der Waals surface area contributed by atoms with Crippen LogP contribution in [0, 0.1) is 5.92 Å². The minimum absolute atomic E-state index is 0.270. The van der Waals surface area contributed by atoms with Gasteiger partial charge in [-0.05, 0) is 50.5 Å². The molecule has 148 valence electrons. The molecule has 1 saturated heterocycles. The third-order valence-electron chi connectivity index (χ3n) is 4.78. The highest BCUT2D eigenvalue weighted by atomic mass is 32.1. The van der Waals surface area contributed by atoms with Crippen LogP contribution in [0.3, 0.4) is 0 Å². The molecule has 7 nitrogen and oxygen atoms in total. The van der Waals surface area contributed by atoms with Gasteiger partial charge in [-0.15, -0.1) is 11.3 Å². The number of esters is 2. The fourth-order valence-electron chi connectivity index (χ4n) is 3.41. The molecule has 0 bridgehead atoms. The van der Waals surface area contributed by atoms with Crippen molar-refractivity contribution in [3.63, 3.8) is 0 Å². The number of hydrogen-bond acceptors (Lipinski definition) is 7. The molecule has 27 heavy (non-hydrogen) atoms. The number of carbonyl (C=O) groups is 3. The van der Waals surface area contributed by atoms with E-state index in [2.05, 4.69) is 12.2 Å². The molecule has 3 rings (SSSR count). The van der Waals surface area contributed by atoms with Gasteiger partial charge >= 0.3 is 11.9 Å². The molecule has 2 atom stereocenters. The molecule has 1 amide bonds. The quantitative estimate of drug-likeness (QED) is 0.745. The van der Waals surface area contributed by atoms with Crippen LogP contribution in [-0.2, 0) is 36.6 Å². The van der Waals surface area contributed by atoms with E-state index < -0.39 is 30.6 Å². The lowest BCUT2D eigenvalue weighted by Gasteiger charge is -2.18. The summed E-state index contributed by atoms with van der Waals surface area (Å²) >= 11 is 1.41. The van der Waals surface area contributed by atoms with Gasteiger partial charge in [0.25, 0.3) is 5.91 Å². The molecule has 1 aliphatic carbocycles. The lowest BCUT2D eigenvalue weighted by Crippen LogP contribution is -2.27. The molecule has 0 saturated carbocycles. The van der Waals surface area contributed by atoms with Crippen LogP contribution in [0.25, 0.3) is 0 Å². The molecule has 2 aliphatic rings. The Labute approximate surface area is 162 Å². The topological polar surface area (TPSA) is 90.9 Å². The Bertz CT molecular complexity index is 722. The number of rotatable bonds is 6. The molecular formula is C19H25NO6S. The number of amides is 1. The van der Waals surface area contributed by atoms with E-state index in [0.29, 0.717) is 29.5 Å². The number of thiophene rings is 1. The Hall–Kier alpha value is -1.93. The summed E-state index contributed by atoms with van der Waals surface area (Å²) in [5.74, 6) is -0.871. The molecule has 0 unspecified atom stereocenters. The van der Waals surface area contributed by atoms with Crippen LogP contribution < -0.4 is 5.32 Å². The van der Waals surface area contributed by atoms with Crippen molar-refractivity contribution in [3.8, 4) is 0 Å². The highest BCUT2D eigenvalue weighted by Gasteiger charge is 2.30. The average molecular weight is 395 g/mol. The monoisotopic (exact) mass is 395 g/mol. The zero-order chi connectivity index (χ0) is 19.4. The largest absolute Gasteiger partial charge is 0.462 e. The van der Waals surface area contributed by atoms with E-state index in [1.54, 1.807) is 6.92 Å². The van der Waals surface area contributed by atoms with Gasteiger partial charge in [-0.1, -0.05) is 6.92 Å². The number of ether oxygens (including phenoxy) is 3. The first-order chi connectivity index (χ1) is 13.0. The summed E-state index contributed by atoms with van der Waals surface area (Å²) in [6.07, 6.45) is 3.53. The first kappa shape index (κ1) is 19.8. The molecule has 1 aromatic heterocycles. The third kappa shape index (κ3) is 4.68. The van der Waals surface area contributed by atoms with E-state index in [4.69, 9.17) is 14.2 Å².